The molecule has 0 amide bonds. The highest BCUT2D eigenvalue weighted by Crippen LogP contribution is 2.20. The first kappa shape index (κ1) is 14.5. The van der Waals surface area contributed by atoms with Gasteiger partial charge in [-0.2, -0.15) is 0 Å². The predicted octanol–water partition coefficient (Wildman–Crippen LogP) is 3.75. The van der Waals surface area contributed by atoms with Gasteiger partial charge in [0.2, 0.25) is 0 Å². The molecular formula is C14H14Br2N2O. The summed E-state index contributed by atoms with van der Waals surface area (Å²) in [6, 6.07) is 10.0. The molecule has 3 nitrogen and oxygen atoms in total. The van der Waals surface area contributed by atoms with Crippen LogP contribution >= 0.6 is 31.9 Å². The fraction of sp³-hybridized carbons (Fsp3) is 0.214. The van der Waals surface area contributed by atoms with Gasteiger partial charge in [-0.15, -0.1) is 0 Å². The Labute approximate surface area is 129 Å². The average molecular weight is 386 g/mol. The van der Waals surface area contributed by atoms with Crippen LogP contribution in [0.4, 0.5) is 5.69 Å². The zero-order valence-corrected chi connectivity index (χ0v) is 13.4. The highest BCUT2D eigenvalue weighted by molar-refractivity contribution is 9.11. The van der Waals surface area contributed by atoms with E-state index in [1.807, 2.05) is 30.3 Å². The number of aliphatic hydroxyl groups is 1. The number of pyridine rings is 1. The van der Waals surface area contributed by atoms with E-state index in [0.717, 1.165) is 25.9 Å². The topological polar surface area (TPSA) is 45.1 Å². The molecule has 2 aromatic rings. The lowest BCUT2D eigenvalue weighted by Gasteiger charge is -2.08. The van der Waals surface area contributed by atoms with Gasteiger partial charge >= 0.3 is 0 Å². The Morgan fingerprint density at radius 2 is 1.89 bits per heavy atom. The largest absolute Gasteiger partial charge is 0.396 e. The van der Waals surface area contributed by atoms with Gasteiger partial charge in [0.25, 0.3) is 0 Å². The summed E-state index contributed by atoms with van der Waals surface area (Å²) in [5.74, 6) is 0. The fourth-order valence-electron chi connectivity index (χ4n) is 1.68. The lowest BCUT2D eigenvalue weighted by molar-refractivity contribution is 0.299. The minimum absolute atomic E-state index is 0.183. The smallest absolute Gasteiger partial charge is 0.0737 e. The highest BCUT2D eigenvalue weighted by atomic mass is 79.9. The third-order valence-electron chi connectivity index (χ3n) is 2.70. The number of hydrogen-bond acceptors (Lipinski definition) is 3. The van der Waals surface area contributed by atoms with Crippen LogP contribution in [0.2, 0.25) is 0 Å². The summed E-state index contributed by atoms with van der Waals surface area (Å²) < 4.78 is 1.93. The second kappa shape index (κ2) is 7.03. The number of aliphatic hydroxyl groups excluding tert-OH is 1. The molecule has 1 aromatic carbocycles. The molecule has 0 bridgehead atoms. The van der Waals surface area contributed by atoms with Crippen molar-refractivity contribution in [2.45, 2.75) is 13.0 Å². The molecule has 0 radical (unpaired) electrons. The molecule has 0 aliphatic rings. The summed E-state index contributed by atoms with van der Waals surface area (Å²) in [6.07, 6.45) is 2.48. The van der Waals surface area contributed by atoms with Crippen molar-refractivity contribution < 1.29 is 5.11 Å². The van der Waals surface area contributed by atoms with Crippen LogP contribution in [-0.2, 0) is 13.0 Å². The molecular weight excluding hydrogens is 372 g/mol. The van der Waals surface area contributed by atoms with Crippen molar-refractivity contribution in [3.05, 3.63) is 56.7 Å². The SMILES string of the molecule is OCCc1ccc(NCc2ncc(Br)cc2Br)cc1. The minimum Gasteiger partial charge on any atom is -0.396 e. The molecule has 0 aliphatic carbocycles. The lowest BCUT2D eigenvalue weighted by atomic mass is 10.1. The van der Waals surface area contributed by atoms with Crippen molar-refractivity contribution in [2.24, 2.45) is 0 Å². The van der Waals surface area contributed by atoms with Crippen LogP contribution in [0.15, 0.2) is 45.5 Å². The van der Waals surface area contributed by atoms with Crippen LogP contribution < -0.4 is 5.32 Å². The van der Waals surface area contributed by atoms with Crippen molar-refractivity contribution in [1.29, 1.82) is 0 Å². The summed E-state index contributed by atoms with van der Waals surface area (Å²) in [4.78, 5) is 4.35. The summed E-state index contributed by atoms with van der Waals surface area (Å²) in [7, 11) is 0. The van der Waals surface area contributed by atoms with E-state index in [4.69, 9.17) is 5.11 Å². The summed E-state index contributed by atoms with van der Waals surface area (Å²) >= 11 is 6.87. The van der Waals surface area contributed by atoms with E-state index >= 15 is 0 Å². The van der Waals surface area contributed by atoms with Crippen molar-refractivity contribution in [3.8, 4) is 0 Å². The van der Waals surface area contributed by atoms with Crippen molar-refractivity contribution in [1.82, 2.24) is 4.98 Å². The number of rotatable bonds is 5. The highest BCUT2D eigenvalue weighted by Gasteiger charge is 2.02. The maximum absolute atomic E-state index is 8.86. The number of nitrogens with one attached hydrogen (secondary N) is 1. The molecule has 0 unspecified atom stereocenters. The molecule has 0 fully saturated rings. The van der Waals surface area contributed by atoms with Crippen molar-refractivity contribution in [3.63, 3.8) is 0 Å². The average Bonchev–Trinajstić information content (AvgIpc) is 2.40. The molecule has 0 aliphatic heterocycles. The Hall–Kier alpha value is -0.910. The van der Waals surface area contributed by atoms with E-state index in [9.17, 15) is 0 Å². The van der Waals surface area contributed by atoms with Crippen LogP contribution in [0, 0.1) is 0 Å². The Bertz CT molecular complexity index is 544. The fourth-order valence-corrected chi connectivity index (χ4v) is 2.80. The second-order valence-electron chi connectivity index (χ2n) is 4.11. The standard InChI is InChI=1S/C14H14Br2N2O/c15-11-7-13(16)14(18-8-11)9-17-12-3-1-10(2-4-12)5-6-19/h1-4,7-8,17,19H,5-6,9H2. The third kappa shape index (κ3) is 4.30. The van der Waals surface area contributed by atoms with Gasteiger partial charge in [-0.1, -0.05) is 12.1 Å². The number of halogens is 2. The van der Waals surface area contributed by atoms with E-state index in [2.05, 4.69) is 42.2 Å². The number of anilines is 1. The first-order valence-corrected chi connectivity index (χ1v) is 7.51. The molecule has 100 valence electrons. The van der Waals surface area contributed by atoms with E-state index in [-0.39, 0.29) is 6.61 Å². The Kier molecular flexibility index (Phi) is 5.36. The van der Waals surface area contributed by atoms with Gasteiger partial charge in [0.05, 0.1) is 12.2 Å². The molecule has 0 saturated heterocycles. The van der Waals surface area contributed by atoms with Gasteiger partial charge in [0, 0.05) is 27.4 Å². The minimum atomic E-state index is 0.183. The van der Waals surface area contributed by atoms with Gasteiger partial charge in [-0.25, -0.2) is 0 Å². The molecule has 19 heavy (non-hydrogen) atoms. The van der Waals surface area contributed by atoms with Crippen LogP contribution in [0.3, 0.4) is 0 Å². The first-order valence-electron chi connectivity index (χ1n) is 5.92. The van der Waals surface area contributed by atoms with Crippen LogP contribution in [0.1, 0.15) is 11.3 Å². The lowest BCUT2D eigenvalue weighted by Crippen LogP contribution is -2.02. The van der Waals surface area contributed by atoms with Crippen LogP contribution in [-0.4, -0.2) is 16.7 Å². The van der Waals surface area contributed by atoms with E-state index in [1.165, 1.54) is 0 Å². The molecule has 5 heteroatoms. The Balaban J connectivity index is 1.98. The van der Waals surface area contributed by atoms with Crippen molar-refractivity contribution in [2.75, 3.05) is 11.9 Å². The van der Waals surface area contributed by atoms with Crippen LogP contribution in [0.25, 0.3) is 0 Å². The Morgan fingerprint density at radius 3 is 2.53 bits per heavy atom. The molecule has 2 rings (SSSR count). The molecule has 1 aromatic heterocycles. The van der Waals surface area contributed by atoms with E-state index in [0.29, 0.717) is 13.0 Å². The van der Waals surface area contributed by atoms with Gasteiger partial charge < -0.3 is 10.4 Å². The second-order valence-corrected chi connectivity index (χ2v) is 5.88. The predicted molar refractivity (Wildman–Crippen MR) is 84.2 cm³/mol. The zero-order chi connectivity index (χ0) is 13.7. The first-order chi connectivity index (χ1) is 9.19. The van der Waals surface area contributed by atoms with Gasteiger partial charge in [-0.3, -0.25) is 4.98 Å². The Morgan fingerprint density at radius 1 is 1.16 bits per heavy atom. The van der Waals surface area contributed by atoms with Crippen LogP contribution in [0.5, 0.6) is 0 Å². The van der Waals surface area contributed by atoms with Crippen molar-refractivity contribution >= 4 is 37.5 Å². The molecule has 0 saturated carbocycles. The molecule has 2 N–H and O–H groups in total. The molecule has 0 atom stereocenters. The maximum Gasteiger partial charge on any atom is 0.0737 e. The monoisotopic (exact) mass is 384 g/mol. The molecule has 1 heterocycles. The summed E-state index contributed by atoms with van der Waals surface area (Å²) in [5.41, 5.74) is 3.14. The van der Waals surface area contributed by atoms with Gasteiger partial charge in [0.15, 0.2) is 0 Å². The summed E-state index contributed by atoms with van der Waals surface area (Å²) in [6.45, 7) is 0.843. The van der Waals surface area contributed by atoms with E-state index < -0.39 is 0 Å². The quantitative estimate of drug-likeness (QED) is 0.823. The zero-order valence-electron chi connectivity index (χ0n) is 10.2. The number of benzene rings is 1. The van der Waals surface area contributed by atoms with E-state index in [1.54, 1.807) is 6.20 Å². The third-order valence-corrected chi connectivity index (χ3v) is 3.82. The normalized spacial score (nSPS) is 10.5. The number of nitrogens with zero attached hydrogens (tertiary/aromatic N) is 1. The summed E-state index contributed by atoms with van der Waals surface area (Å²) in [5, 5.41) is 12.2. The number of aromatic nitrogens is 1. The number of hydrogen-bond donors (Lipinski definition) is 2. The molecule has 0 spiro atoms. The van der Waals surface area contributed by atoms with Gasteiger partial charge in [0.1, 0.15) is 0 Å². The maximum atomic E-state index is 8.86. The van der Waals surface area contributed by atoms with Gasteiger partial charge in [-0.05, 0) is 62.0 Å².